The lowest BCUT2D eigenvalue weighted by molar-refractivity contribution is 0.0542. The molecule has 8 heteroatoms. The van der Waals surface area contributed by atoms with Gasteiger partial charge in [0.25, 0.3) is 0 Å². The van der Waals surface area contributed by atoms with Gasteiger partial charge in [0.2, 0.25) is 0 Å². The van der Waals surface area contributed by atoms with Gasteiger partial charge in [-0.1, -0.05) is 12.5 Å². The standard InChI is InChI=1S/C31H38N2O6/c1-19-17-26(36-5)24(20-12-15-33(27(19)20)30(35)39-31(2,3)4)18-32-14-8-7-9-25(32)23-11-10-22(29(34)37-6)21-13-16-38-28(21)23/h10-12,15,17,25H,7-9,13-14,16,18H2,1-6H3. The molecule has 1 fully saturated rings. The lowest BCUT2D eigenvalue weighted by Crippen LogP contribution is -2.33. The fourth-order valence-corrected chi connectivity index (χ4v) is 5.99. The van der Waals surface area contributed by atoms with Crippen LogP contribution in [0.2, 0.25) is 0 Å². The maximum atomic E-state index is 13.0. The fourth-order valence-electron chi connectivity index (χ4n) is 5.99. The number of rotatable bonds is 5. The summed E-state index contributed by atoms with van der Waals surface area (Å²) in [6.45, 7) is 9.72. The molecule has 0 radical (unpaired) electrons. The highest BCUT2D eigenvalue weighted by atomic mass is 16.6. The van der Waals surface area contributed by atoms with Crippen molar-refractivity contribution in [2.45, 2.75) is 71.6 Å². The second-order valence-electron chi connectivity index (χ2n) is 11.4. The third kappa shape index (κ3) is 5.10. The van der Waals surface area contributed by atoms with Gasteiger partial charge in [-0.15, -0.1) is 0 Å². The first-order valence-corrected chi connectivity index (χ1v) is 13.6. The Balaban J connectivity index is 1.54. The van der Waals surface area contributed by atoms with E-state index in [1.807, 2.05) is 52.0 Å². The van der Waals surface area contributed by atoms with Gasteiger partial charge in [0.15, 0.2) is 0 Å². The van der Waals surface area contributed by atoms with E-state index in [9.17, 15) is 9.59 Å². The lowest BCUT2D eigenvalue weighted by atomic mass is 9.90. The smallest absolute Gasteiger partial charge is 0.419 e. The third-order valence-electron chi connectivity index (χ3n) is 7.67. The summed E-state index contributed by atoms with van der Waals surface area (Å²) in [7, 11) is 3.10. The summed E-state index contributed by atoms with van der Waals surface area (Å²) in [4.78, 5) is 27.9. The number of carbonyl (C=O) groups excluding carboxylic acids is 2. The van der Waals surface area contributed by atoms with Crippen molar-refractivity contribution >= 4 is 23.0 Å². The van der Waals surface area contributed by atoms with E-state index in [1.54, 1.807) is 17.9 Å². The summed E-state index contributed by atoms with van der Waals surface area (Å²) in [5.41, 5.74) is 4.86. The molecule has 0 N–H and O–H groups in total. The number of aryl methyl sites for hydroxylation is 1. The van der Waals surface area contributed by atoms with E-state index in [1.165, 1.54) is 7.11 Å². The summed E-state index contributed by atoms with van der Waals surface area (Å²) < 4.78 is 24.3. The Kier molecular flexibility index (Phi) is 7.33. The first-order chi connectivity index (χ1) is 18.6. The summed E-state index contributed by atoms with van der Waals surface area (Å²) >= 11 is 0. The Bertz CT molecular complexity index is 1420. The minimum atomic E-state index is -0.594. The van der Waals surface area contributed by atoms with Gasteiger partial charge < -0.3 is 18.9 Å². The fraction of sp³-hybridized carbons (Fsp3) is 0.484. The number of likely N-dealkylation sites (tertiary alicyclic amines) is 1. The van der Waals surface area contributed by atoms with E-state index < -0.39 is 11.7 Å². The van der Waals surface area contributed by atoms with Crippen LogP contribution in [0.1, 0.15) is 78.7 Å². The Morgan fingerprint density at radius 2 is 1.92 bits per heavy atom. The second kappa shape index (κ2) is 10.6. The van der Waals surface area contributed by atoms with Crippen LogP contribution in [0.4, 0.5) is 4.79 Å². The van der Waals surface area contributed by atoms with Crippen LogP contribution in [0.5, 0.6) is 11.5 Å². The molecule has 5 rings (SSSR count). The normalized spacial score (nSPS) is 17.5. The number of esters is 1. The predicted molar refractivity (Wildman–Crippen MR) is 149 cm³/mol. The van der Waals surface area contributed by atoms with Crippen LogP contribution in [0.3, 0.4) is 0 Å². The number of methoxy groups -OCH3 is 2. The number of hydrogen-bond acceptors (Lipinski definition) is 7. The van der Waals surface area contributed by atoms with Crippen molar-refractivity contribution in [1.82, 2.24) is 9.47 Å². The summed E-state index contributed by atoms with van der Waals surface area (Å²) in [6.07, 6.45) is 5.29. The van der Waals surface area contributed by atoms with Crippen LogP contribution in [-0.4, -0.2) is 54.5 Å². The van der Waals surface area contributed by atoms with Crippen molar-refractivity contribution < 1.29 is 28.5 Å². The van der Waals surface area contributed by atoms with Gasteiger partial charge in [0.05, 0.1) is 31.9 Å². The predicted octanol–water partition coefficient (Wildman–Crippen LogP) is 6.19. The quantitative estimate of drug-likeness (QED) is 0.361. The van der Waals surface area contributed by atoms with Crippen molar-refractivity contribution in [3.05, 3.63) is 58.3 Å². The van der Waals surface area contributed by atoms with Crippen molar-refractivity contribution in [2.24, 2.45) is 0 Å². The first kappa shape index (κ1) is 27.1. The van der Waals surface area contributed by atoms with Crippen LogP contribution in [-0.2, 0) is 22.4 Å². The molecule has 1 atom stereocenters. The molecule has 2 aliphatic rings. The van der Waals surface area contributed by atoms with Crippen molar-refractivity contribution in [3.8, 4) is 11.5 Å². The van der Waals surface area contributed by atoms with Gasteiger partial charge in [0, 0.05) is 47.3 Å². The van der Waals surface area contributed by atoms with Crippen LogP contribution in [0.25, 0.3) is 10.9 Å². The molecule has 2 aromatic carbocycles. The van der Waals surface area contributed by atoms with Crippen LogP contribution in [0.15, 0.2) is 30.5 Å². The Morgan fingerprint density at radius 1 is 1.13 bits per heavy atom. The molecule has 1 aromatic heterocycles. The first-order valence-electron chi connectivity index (χ1n) is 13.6. The number of nitrogens with zero attached hydrogens (tertiary/aromatic N) is 2. The third-order valence-corrected chi connectivity index (χ3v) is 7.67. The van der Waals surface area contributed by atoms with Crippen LogP contribution < -0.4 is 9.47 Å². The summed E-state index contributed by atoms with van der Waals surface area (Å²) in [5, 5.41) is 0.976. The van der Waals surface area contributed by atoms with Gasteiger partial charge in [-0.3, -0.25) is 9.47 Å². The molecular formula is C31H38N2O6. The molecule has 1 saturated heterocycles. The minimum Gasteiger partial charge on any atom is -0.496 e. The average Bonchev–Trinajstić information content (AvgIpc) is 3.57. The van der Waals surface area contributed by atoms with Crippen molar-refractivity contribution in [1.29, 1.82) is 0 Å². The number of fused-ring (bicyclic) bond motifs is 2. The molecule has 0 bridgehead atoms. The maximum absolute atomic E-state index is 13.0. The molecule has 2 aliphatic heterocycles. The number of benzene rings is 2. The van der Waals surface area contributed by atoms with Gasteiger partial charge in [-0.25, -0.2) is 9.59 Å². The number of ether oxygens (including phenoxy) is 4. The van der Waals surface area contributed by atoms with Crippen molar-refractivity contribution in [3.63, 3.8) is 0 Å². The molecule has 8 nitrogen and oxygen atoms in total. The van der Waals surface area contributed by atoms with E-state index >= 15 is 0 Å². The highest BCUT2D eigenvalue weighted by Gasteiger charge is 2.33. The minimum absolute atomic E-state index is 0.131. The van der Waals surface area contributed by atoms with Gasteiger partial charge in [-0.05, 0) is 70.8 Å². The van der Waals surface area contributed by atoms with E-state index in [2.05, 4.69) is 4.90 Å². The highest BCUT2D eigenvalue weighted by Crippen LogP contribution is 2.43. The monoisotopic (exact) mass is 534 g/mol. The zero-order valence-electron chi connectivity index (χ0n) is 23.8. The Labute approximate surface area is 229 Å². The zero-order valence-corrected chi connectivity index (χ0v) is 23.8. The Hall–Kier alpha value is -3.52. The zero-order chi connectivity index (χ0) is 27.9. The van der Waals surface area contributed by atoms with Crippen LogP contribution in [0, 0.1) is 6.92 Å². The van der Waals surface area contributed by atoms with E-state index in [4.69, 9.17) is 18.9 Å². The second-order valence-corrected chi connectivity index (χ2v) is 11.4. The number of piperidine rings is 1. The Morgan fingerprint density at radius 3 is 2.64 bits per heavy atom. The van der Waals surface area contributed by atoms with Crippen molar-refractivity contribution in [2.75, 3.05) is 27.4 Å². The van der Waals surface area contributed by atoms with E-state index in [0.717, 1.165) is 70.5 Å². The molecule has 208 valence electrons. The molecule has 0 amide bonds. The SMILES string of the molecule is COC(=O)c1ccc(C2CCCCN2Cc2c(OC)cc(C)c3c2ccn3C(=O)OC(C)(C)C)c2c1CCO2. The average molecular weight is 535 g/mol. The van der Waals surface area contributed by atoms with Gasteiger partial charge >= 0.3 is 12.1 Å². The topological polar surface area (TPSA) is 79.2 Å². The molecular weight excluding hydrogens is 496 g/mol. The summed E-state index contributed by atoms with van der Waals surface area (Å²) in [6, 6.07) is 8.03. The maximum Gasteiger partial charge on any atom is 0.419 e. The number of hydrogen-bond donors (Lipinski definition) is 0. The molecule has 3 heterocycles. The molecule has 3 aromatic rings. The van der Waals surface area contributed by atoms with E-state index in [-0.39, 0.29) is 12.0 Å². The van der Waals surface area contributed by atoms with Gasteiger partial charge in [-0.2, -0.15) is 0 Å². The number of aromatic nitrogens is 1. The number of carbonyl (C=O) groups is 2. The van der Waals surface area contributed by atoms with E-state index in [0.29, 0.717) is 25.1 Å². The highest BCUT2D eigenvalue weighted by molar-refractivity contribution is 5.95. The molecule has 0 saturated carbocycles. The summed E-state index contributed by atoms with van der Waals surface area (Å²) in [5.74, 6) is 1.30. The van der Waals surface area contributed by atoms with Gasteiger partial charge in [0.1, 0.15) is 17.1 Å². The molecule has 1 unspecified atom stereocenters. The van der Waals surface area contributed by atoms with Crippen LogP contribution >= 0.6 is 0 Å². The molecule has 0 spiro atoms. The largest absolute Gasteiger partial charge is 0.496 e. The molecule has 0 aliphatic carbocycles. The molecule has 39 heavy (non-hydrogen) atoms. The lowest BCUT2D eigenvalue weighted by Gasteiger charge is -2.37.